The molecule has 4 rings (SSSR count). The Bertz CT molecular complexity index is 1330. The normalized spacial score (nSPS) is 13.9. The molecule has 1 fully saturated rings. The third-order valence-electron chi connectivity index (χ3n) is 6.17. The molecule has 1 aromatic heterocycles. The maximum atomic E-state index is 15.0. The van der Waals surface area contributed by atoms with Gasteiger partial charge in [0.05, 0.1) is 16.9 Å². The van der Waals surface area contributed by atoms with Crippen LogP contribution in [0, 0.1) is 12.7 Å². The second kappa shape index (κ2) is 12.3. The lowest BCUT2D eigenvalue weighted by molar-refractivity contribution is -0.111. The maximum absolute atomic E-state index is 15.0. The van der Waals surface area contributed by atoms with Crippen molar-refractivity contribution >= 4 is 35.0 Å². The number of anilines is 4. The number of benzene rings is 2. The number of nitrogens with zero attached hydrogens (tertiary/aromatic N) is 4. The number of hydrogen-bond acceptors (Lipinski definition) is 7. The van der Waals surface area contributed by atoms with Crippen molar-refractivity contribution in [3.05, 3.63) is 78.3 Å². The van der Waals surface area contributed by atoms with Gasteiger partial charge in [0.2, 0.25) is 17.7 Å². The molecule has 8 nitrogen and oxygen atoms in total. The zero-order valence-corrected chi connectivity index (χ0v) is 22.0. The molecule has 2 heterocycles. The minimum absolute atomic E-state index is 0.286. The van der Waals surface area contributed by atoms with Gasteiger partial charge in [-0.2, -0.15) is 4.98 Å². The van der Waals surface area contributed by atoms with Crippen molar-refractivity contribution in [3.8, 4) is 11.6 Å². The Balaban J connectivity index is 1.59. The van der Waals surface area contributed by atoms with Gasteiger partial charge in [-0.05, 0) is 56.8 Å². The molecule has 3 aromatic rings. The number of aromatic nitrogens is 2. The number of aryl methyl sites for hydroxylation is 1. The predicted octanol–water partition coefficient (Wildman–Crippen LogP) is 5.76. The maximum Gasteiger partial charge on any atom is 0.247 e. The number of halogens is 1. The summed E-state index contributed by atoms with van der Waals surface area (Å²) in [4.78, 5) is 25.2. The number of hydrogen-bond donors (Lipinski definition) is 2. The number of carbonyl (C=O) groups is 1. The van der Waals surface area contributed by atoms with Crippen LogP contribution in [0.4, 0.5) is 27.4 Å². The molecule has 1 aliphatic heterocycles. The van der Waals surface area contributed by atoms with Gasteiger partial charge in [0, 0.05) is 43.6 Å². The van der Waals surface area contributed by atoms with Crippen molar-refractivity contribution in [3.63, 3.8) is 0 Å². The minimum Gasteiger partial charge on any atom is -0.438 e. The molecule has 1 amide bonds. The standard InChI is InChI=1S/C29H33FN6O2/c1-5-7-11-24-20(3)31-29(34-28(24)38-23-10-8-9-21(18-23)32-27(37)6-2)33-22-12-13-26(25(30)19-22)36-16-14-35(4)15-17-36/h6-13,18-19H,2,5,14-17H2,1,3-4H3,(H,32,37)(H,31,33,34)/b11-7-. The second-order valence-electron chi connectivity index (χ2n) is 9.07. The van der Waals surface area contributed by atoms with Crippen molar-refractivity contribution < 1.29 is 13.9 Å². The Hall–Kier alpha value is -4.24. The molecule has 38 heavy (non-hydrogen) atoms. The second-order valence-corrected chi connectivity index (χ2v) is 9.07. The molecule has 2 aromatic carbocycles. The zero-order chi connectivity index (χ0) is 27.1. The van der Waals surface area contributed by atoms with E-state index < -0.39 is 0 Å². The van der Waals surface area contributed by atoms with E-state index >= 15 is 4.39 Å². The van der Waals surface area contributed by atoms with Crippen LogP contribution in [0.5, 0.6) is 11.6 Å². The quantitative estimate of drug-likeness (QED) is 0.350. The molecule has 0 atom stereocenters. The average Bonchev–Trinajstić information content (AvgIpc) is 2.89. The fraction of sp³-hybridized carbons (Fsp3) is 0.276. The van der Waals surface area contributed by atoms with Crippen molar-refractivity contribution in [2.45, 2.75) is 20.3 Å². The highest BCUT2D eigenvalue weighted by Gasteiger charge is 2.18. The topological polar surface area (TPSA) is 82.6 Å². The van der Waals surface area contributed by atoms with Crippen LogP contribution in [-0.4, -0.2) is 54.0 Å². The van der Waals surface area contributed by atoms with Crippen molar-refractivity contribution in [1.82, 2.24) is 14.9 Å². The first-order valence-corrected chi connectivity index (χ1v) is 12.6. The summed E-state index contributed by atoms with van der Waals surface area (Å²) in [6, 6.07) is 12.1. The van der Waals surface area contributed by atoms with Crippen molar-refractivity contribution in [1.29, 1.82) is 0 Å². The first kappa shape index (κ1) is 26.8. The lowest BCUT2D eigenvalue weighted by Gasteiger charge is -2.34. The monoisotopic (exact) mass is 516 g/mol. The summed E-state index contributed by atoms with van der Waals surface area (Å²) in [7, 11) is 2.07. The molecule has 1 aliphatic rings. The largest absolute Gasteiger partial charge is 0.438 e. The molecule has 9 heteroatoms. The highest BCUT2D eigenvalue weighted by Crippen LogP contribution is 2.31. The molecule has 0 saturated carbocycles. The van der Waals surface area contributed by atoms with Gasteiger partial charge in [0.1, 0.15) is 11.6 Å². The molecule has 1 saturated heterocycles. The fourth-order valence-electron chi connectivity index (χ4n) is 4.08. The molecule has 0 aliphatic carbocycles. The predicted molar refractivity (Wildman–Crippen MR) is 151 cm³/mol. The van der Waals surface area contributed by atoms with E-state index in [2.05, 4.69) is 44.0 Å². The fourth-order valence-corrected chi connectivity index (χ4v) is 4.08. The number of rotatable bonds is 9. The number of ether oxygens (including phenoxy) is 1. The van der Waals surface area contributed by atoms with E-state index in [9.17, 15) is 4.79 Å². The summed E-state index contributed by atoms with van der Waals surface area (Å²) in [6.07, 6.45) is 5.95. The summed E-state index contributed by atoms with van der Waals surface area (Å²) < 4.78 is 21.2. The summed E-state index contributed by atoms with van der Waals surface area (Å²) in [6.45, 7) is 10.8. The van der Waals surface area contributed by atoms with Gasteiger partial charge in [-0.1, -0.05) is 31.7 Å². The molecular formula is C29H33FN6O2. The Labute approximate surface area is 222 Å². The molecule has 0 unspecified atom stereocenters. The van der Waals surface area contributed by atoms with E-state index in [0.29, 0.717) is 34.4 Å². The van der Waals surface area contributed by atoms with Crippen LogP contribution in [0.2, 0.25) is 0 Å². The van der Waals surface area contributed by atoms with Gasteiger partial charge in [-0.3, -0.25) is 4.79 Å². The van der Waals surface area contributed by atoms with Crippen molar-refractivity contribution in [2.75, 3.05) is 48.8 Å². The van der Waals surface area contributed by atoms with Gasteiger partial charge in [0.15, 0.2) is 0 Å². The Morgan fingerprint density at radius 3 is 2.63 bits per heavy atom. The zero-order valence-electron chi connectivity index (χ0n) is 22.0. The van der Waals surface area contributed by atoms with Crippen LogP contribution in [0.15, 0.2) is 61.2 Å². The highest BCUT2D eigenvalue weighted by atomic mass is 19.1. The van der Waals surface area contributed by atoms with Gasteiger partial charge >= 0.3 is 0 Å². The van der Waals surface area contributed by atoms with Gasteiger partial charge in [-0.25, -0.2) is 9.37 Å². The van der Waals surface area contributed by atoms with Gasteiger partial charge in [0.25, 0.3) is 0 Å². The first-order valence-electron chi connectivity index (χ1n) is 12.6. The van der Waals surface area contributed by atoms with Crippen LogP contribution in [-0.2, 0) is 4.79 Å². The summed E-state index contributed by atoms with van der Waals surface area (Å²) in [5.41, 5.74) is 3.13. The number of likely N-dealkylation sites (N-methyl/N-ethyl adjacent to an activating group) is 1. The van der Waals surface area contributed by atoms with Gasteiger partial charge < -0.3 is 25.2 Å². The molecular weight excluding hydrogens is 483 g/mol. The number of nitrogens with one attached hydrogen (secondary N) is 2. The highest BCUT2D eigenvalue weighted by molar-refractivity contribution is 5.98. The third-order valence-corrected chi connectivity index (χ3v) is 6.17. The lowest BCUT2D eigenvalue weighted by atomic mass is 10.2. The van der Waals surface area contributed by atoms with Crippen LogP contribution in [0.25, 0.3) is 6.08 Å². The Kier molecular flexibility index (Phi) is 8.70. The summed E-state index contributed by atoms with van der Waals surface area (Å²) >= 11 is 0. The van der Waals surface area contributed by atoms with E-state index in [-0.39, 0.29) is 17.7 Å². The summed E-state index contributed by atoms with van der Waals surface area (Å²) in [5, 5.41) is 5.84. The smallest absolute Gasteiger partial charge is 0.247 e. The van der Waals surface area contributed by atoms with Crippen LogP contribution >= 0.6 is 0 Å². The number of amides is 1. The van der Waals surface area contributed by atoms with Gasteiger partial charge in [-0.15, -0.1) is 0 Å². The molecule has 2 N–H and O–H groups in total. The number of piperazine rings is 1. The Morgan fingerprint density at radius 2 is 1.92 bits per heavy atom. The SMILES string of the molecule is C=CC(=O)Nc1cccc(Oc2nc(Nc3ccc(N4CCN(C)CC4)c(F)c3)nc(C)c2/C=C\CC)c1. The molecule has 198 valence electrons. The van der Waals surface area contributed by atoms with E-state index in [0.717, 1.165) is 38.2 Å². The molecule has 0 radical (unpaired) electrons. The average molecular weight is 517 g/mol. The lowest BCUT2D eigenvalue weighted by Crippen LogP contribution is -2.44. The minimum atomic E-state index is -0.316. The van der Waals surface area contributed by atoms with Crippen LogP contribution in [0.1, 0.15) is 24.6 Å². The first-order chi connectivity index (χ1) is 18.4. The van der Waals surface area contributed by atoms with E-state index in [1.807, 2.05) is 32.1 Å². The number of carbonyl (C=O) groups excluding carboxylic acids is 1. The Morgan fingerprint density at radius 1 is 1.13 bits per heavy atom. The third kappa shape index (κ3) is 6.74. The van der Waals surface area contributed by atoms with Crippen LogP contribution in [0.3, 0.4) is 0 Å². The summed E-state index contributed by atoms with van der Waals surface area (Å²) in [5.74, 6) is 0.502. The molecule has 0 spiro atoms. The number of allylic oxidation sites excluding steroid dienone is 1. The van der Waals surface area contributed by atoms with E-state index in [4.69, 9.17) is 4.74 Å². The van der Waals surface area contributed by atoms with E-state index in [1.54, 1.807) is 30.3 Å². The van der Waals surface area contributed by atoms with Crippen LogP contribution < -0.4 is 20.3 Å². The molecule has 0 bridgehead atoms. The van der Waals surface area contributed by atoms with Crippen molar-refractivity contribution in [2.24, 2.45) is 0 Å². The van der Waals surface area contributed by atoms with E-state index in [1.165, 1.54) is 12.1 Å².